The molecule has 2 aromatic rings. The summed E-state index contributed by atoms with van der Waals surface area (Å²) in [5.74, 6) is 2.20. The highest BCUT2D eigenvalue weighted by molar-refractivity contribution is 5.32. The zero-order valence-electron chi connectivity index (χ0n) is 12.4. The minimum atomic E-state index is -0.248. The van der Waals surface area contributed by atoms with Crippen molar-refractivity contribution < 1.29 is 13.5 Å². The summed E-state index contributed by atoms with van der Waals surface area (Å²) in [6, 6.07) is 7.18. The number of hydrogen-bond donors (Lipinski definition) is 1. The number of halogens is 1. The molecule has 0 aliphatic heterocycles. The van der Waals surface area contributed by atoms with E-state index in [-0.39, 0.29) is 5.82 Å². The molecule has 1 saturated carbocycles. The van der Waals surface area contributed by atoms with Crippen LogP contribution in [0.5, 0.6) is 5.75 Å². The van der Waals surface area contributed by atoms with E-state index in [0.717, 1.165) is 29.2 Å². The van der Waals surface area contributed by atoms with E-state index in [1.54, 1.807) is 6.07 Å². The van der Waals surface area contributed by atoms with Crippen LogP contribution in [0.4, 0.5) is 4.39 Å². The number of ether oxygens (including phenoxy) is 1. The van der Waals surface area contributed by atoms with Crippen molar-refractivity contribution in [3.05, 3.63) is 52.7 Å². The van der Waals surface area contributed by atoms with Crippen molar-refractivity contribution >= 4 is 0 Å². The van der Waals surface area contributed by atoms with E-state index in [1.165, 1.54) is 25.0 Å². The van der Waals surface area contributed by atoms with Crippen molar-refractivity contribution in [1.82, 2.24) is 5.32 Å². The number of hydrogen-bond acceptors (Lipinski definition) is 3. The third kappa shape index (κ3) is 3.64. The summed E-state index contributed by atoms with van der Waals surface area (Å²) in [5, 5.41) is 3.44. The van der Waals surface area contributed by atoms with Gasteiger partial charge in [-0.25, -0.2) is 4.39 Å². The molecule has 112 valence electrons. The largest absolute Gasteiger partial charge is 0.485 e. The molecule has 3 rings (SSSR count). The molecule has 0 unspecified atom stereocenters. The van der Waals surface area contributed by atoms with Gasteiger partial charge in [0.15, 0.2) is 0 Å². The molecule has 1 N–H and O–H groups in total. The SMILES string of the molecule is Cc1cc(F)ccc1OCc1cc(C)c(CNC2CC2)o1. The Morgan fingerprint density at radius 3 is 2.76 bits per heavy atom. The van der Waals surface area contributed by atoms with E-state index in [9.17, 15) is 4.39 Å². The molecular weight excluding hydrogens is 269 g/mol. The topological polar surface area (TPSA) is 34.4 Å². The quantitative estimate of drug-likeness (QED) is 0.876. The third-order valence-corrected chi connectivity index (χ3v) is 3.71. The zero-order valence-corrected chi connectivity index (χ0v) is 12.4. The van der Waals surface area contributed by atoms with Gasteiger partial charge in [0.05, 0.1) is 6.54 Å². The van der Waals surface area contributed by atoms with Gasteiger partial charge in [-0.1, -0.05) is 0 Å². The van der Waals surface area contributed by atoms with Crippen LogP contribution in [0.3, 0.4) is 0 Å². The lowest BCUT2D eigenvalue weighted by Gasteiger charge is -2.07. The molecule has 0 bridgehead atoms. The predicted molar refractivity (Wildman–Crippen MR) is 78.8 cm³/mol. The molecule has 3 nitrogen and oxygen atoms in total. The van der Waals surface area contributed by atoms with Gasteiger partial charge in [-0.05, 0) is 62.1 Å². The van der Waals surface area contributed by atoms with Crippen molar-refractivity contribution in [2.75, 3.05) is 0 Å². The molecule has 1 fully saturated rings. The Labute approximate surface area is 124 Å². The zero-order chi connectivity index (χ0) is 14.8. The Hall–Kier alpha value is -1.81. The Kier molecular flexibility index (Phi) is 3.97. The van der Waals surface area contributed by atoms with Crippen LogP contribution in [0.2, 0.25) is 0 Å². The standard InChI is InChI=1S/C17H20FNO2/c1-11-7-13(18)3-6-16(11)20-10-15-8-12(2)17(21-15)9-19-14-4-5-14/h3,6-8,14,19H,4-5,9-10H2,1-2H3. The normalized spacial score (nSPS) is 14.4. The Morgan fingerprint density at radius 1 is 1.24 bits per heavy atom. The fourth-order valence-corrected chi connectivity index (χ4v) is 2.28. The molecule has 0 atom stereocenters. The molecular formula is C17H20FNO2. The number of benzene rings is 1. The van der Waals surface area contributed by atoms with Crippen LogP contribution in [0, 0.1) is 19.7 Å². The van der Waals surface area contributed by atoms with Crippen LogP contribution in [0.25, 0.3) is 0 Å². The van der Waals surface area contributed by atoms with Crippen LogP contribution in [-0.4, -0.2) is 6.04 Å². The van der Waals surface area contributed by atoms with Gasteiger partial charge in [0.1, 0.15) is 29.7 Å². The van der Waals surface area contributed by atoms with Crippen LogP contribution in [-0.2, 0) is 13.2 Å². The first-order valence-corrected chi connectivity index (χ1v) is 7.32. The van der Waals surface area contributed by atoms with Crippen molar-refractivity contribution in [2.24, 2.45) is 0 Å². The highest BCUT2D eigenvalue weighted by Crippen LogP contribution is 2.23. The lowest BCUT2D eigenvalue weighted by atomic mass is 10.2. The second-order valence-corrected chi connectivity index (χ2v) is 5.67. The smallest absolute Gasteiger partial charge is 0.146 e. The maximum atomic E-state index is 13.0. The molecule has 4 heteroatoms. The van der Waals surface area contributed by atoms with E-state index in [0.29, 0.717) is 18.4 Å². The number of furan rings is 1. The van der Waals surface area contributed by atoms with E-state index in [1.807, 2.05) is 19.9 Å². The average molecular weight is 289 g/mol. The monoisotopic (exact) mass is 289 g/mol. The van der Waals surface area contributed by atoms with E-state index in [4.69, 9.17) is 9.15 Å². The van der Waals surface area contributed by atoms with Crippen LogP contribution in [0.15, 0.2) is 28.7 Å². The molecule has 0 amide bonds. The first-order valence-electron chi connectivity index (χ1n) is 7.32. The van der Waals surface area contributed by atoms with Crippen LogP contribution >= 0.6 is 0 Å². The van der Waals surface area contributed by atoms with Crippen molar-refractivity contribution in [3.8, 4) is 5.75 Å². The molecule has 1 aromatic carbocycles. The van der Waals surface area contributed by atoms with Crippen LogP contribution < -0.4 is 10.1 Å². The Bertz CT molecular complexity index is 632. The van der Waals surface area contributed by atoms with Gasteiger partial charge in [0.25, 0.3) is 0 Å². The second kappa shape index (κ2) is 5.90. The van der Waals surface area contributed by atoms with Gasteiger partial charge in [-0.15, -0.1) is 0 Å². The van der Waals surface area contributed by atoms with Gasteiger partial charge in [-0.2, -0.15) is 0 Å². The van der Waals surface area contributed by atoms with E-state index < -0.39 is 0 Å². The number of nitrogens with one attached hydrogen (secondary N) is 1. The van der Waals surface area contributed by atoms with Gasteiger partial charge in [-0.3, -0.25) is 0 Å². The lowest BCUT2D eigenvalue weighted by Crippen LogP contribution is -2.15. The fraction of sp³-hybridized carbons (Fsp3) is 0.412. The van der Waals surface area contributed by atoms with Gasteiger partial charge >= 0.3 is 0 Å². The third-order valence-electron chi connectivity index (χ3n) is 3.71. The minimum Gasteiger partial charge on any atom is -0.485 e. The van der Waals surface area contributed by atoms with Crippen molar-refractivity contribution in [3.63, 3.8) is 0 Å². The molecule has 1 aromatic heterocycles. The Balaban J connectivity index is 1.60. The maximum Gasteiger partial charge on any atom is 0.146 e. The summed E-state index contributed by atoms with van der Waals surface area (Å²) in [6.07, 6.45) is 2.53. The van der Waals surface area contributed by atoms with Gasteiger partial charge in [0.2, 0.25) is 0 Å². The molecule has 0 radical (unpaired) electrons. The molecule has 1 heterocycles. The molecule has 1 aliphatic rings. The van der Waals surface area contributed by atoms with Gasteiger partial charge in [0, 0.05) is 6.04 Å². The summed E-state index contributed by atoms with van der Waals surface area (Å²) in [4.78, 5) is 0. The number of aryl methyl sites for hydroxylation is 2. The average Bonchev–Trinajstić information content (AvgIpc) is 3.20. The van der Waals surface area contributed by atoms with E-state index >= 15 is 0 Å². The summed E-state index contributed by atoms with van der Waals surface area (Å²) in [7, 11) is 0. The first kappa shape index (κ1) is 14.1. The number of rotatable bonds is 6. The van der Waals surface area contributed by atoms with Crippen molar-refractivity contribution in [2.45, 2.75) is 45.9 Å². The first-order chi connectivity index (χ1) is 10.1. The molecule has 0 spiro atoms. The highest BCUT2D eigenvalue weighted by atomic mass is 19.1. The second-order valence-electron chi connectivity index (χ2n) is 5.67. The molecule has 1 aliphatic carbocycles. The molecule has 21 heavy (non-hydrogen) atoms. The fourth-order valence-electron chi connectivity index (χ4n) is 2.28. The van der Waals surface area contributed by atoms with E-state index in [2.05, 4.69) is 5.32 Å². The summed E-state index contributed by atoms with van der Waals surface area (Å²) in [5.41, 5.74) is 1.92. The summed E-state index contributed by atoms with van der Waals surface area (Å²) >= 11 is 0. The maximum absolute atomic E-state index is 13.0. The Morgan fingerprint density at radius 2 is 2.05 bits per heavy atom. The van der Waals surface area contributed by atoms with Gasteiger partial charge < -0.3 is 14.5 Å². The summed E-state index contributed by atoms with van der Waals surface area (Å²) in [6.45, 7) is 5.00. The lowest BCUT2D eigenvalue weighted by molar-refractivity contribution is 0.263. The van der Waals surface area contributed by atoms with Crippen molar-refractivity contribution in [1.29, 1.82) is 0 Å². The highest BCUT2D eigenvalue weighted by Gasteiger charge is 2.21. The molecule has 0 saturated heterocycles. The van der Waals surface area contributed by atoms with Crippen LogP contribution in [0.1, 0.15) is 35.5 Å². The predicted octanol–water partition coefficient (Wildman–Crippen LogP) is 3.87. The summed E-state index contributed by atoms with van der Waals surface area (Å²) < 4.78 is 24.6. The minimum absolute atomic E-state index is 0.248.